The summed E-state index contributed by atoms with van der Waals surface area (Å²) in [6.07, 6.45) is 3.03. The fraction of sp³-hybridized carbons (Fsp3) is 0.211. The summed E-state index contributed by atoms with van der Waals surface area (Å²) in [5.41, 5.74) is 3.72. The van der Waals surface area contributed by atoms with Crippen molar-refractivity contribution in [3.63, 3.8) is 0 Å². The minimum absolute atomic E-state index is 0.742. The zero-order valence-corrected chi connectivity index (χ0v) is 15.2. The molecule has 0 bridgehead atoms. The summed E-state index contributed by atoms with van der Waals surface area (Å²) in [6.45, 7) is 1.58. The highest BCUT2D eigenvalue weighted by molar-refractivity contribution is 9.10. The molecule has 3 N–H and O–H groups in total. The molecule has 3 rings (SSSR count). The molecule has 0 aliphatic rings. The molecule has 124 valence electrons. The van der Waals surface area contributed by atoms with Gasteiger partial charge < -0.3 is 15.6 Å². The molecule has 0 radical (unpaired) electrons. The summed E-state index contributed by atoms with van der Waals surface area (Å²) < 4.78 is 1.09. The van der Waals surface area contributed by atoms with Gasteiger partial charge in [-0.15, -0.1) is 0 Å². The van der Waals surface area contributed by atoms with E-state index in [0.717, 1.165) is 29.9 Å². The van der Waals surface area contributed by atoms with Crippen LogP contribution in [0.5, 0.6) is 0 Å². The SMILES string of the molecule is CN=C(NCCc1c[nH]c2ccccc12)NCc1cccc(Br)c1. The highest BCUT2D eigenvalue weighted by atomic mass is 79.9. The van der Waals surface area contributed by atoms with Crippen molar-refractivity contribution < 1.29 is 0 Å². The van der Waals surface area contributed by atoms with Gasteiger partial charge in [-0.05, 0) is 35.7 Å². The number of benzene rings is 2. The third-order valence-corrected chi connectivity index (χ3v) is 4.43. The second-order valence-corrected chi connectivity index (χ2v) is 6.51. The molecule has 1 heterocycles. The van der Waals surface area contributed by atoms with Crippen LogP contribution in [0.4, 0.5) is 0 Å². The average molecular weight is 385 g/mol. The minimum atomic E-state index is 0.742. The number of aliphatic imine (C=N–C) groups is 1. The van der Waals surface area contributed by atoms with Crippen molar-refractivity contribution in [3.05, 3.63) is 70.3 Å². The normalized spacial score (nSPS) is 11.7. The molecule has 0 amide bonds. The standard InChI is InChI=1S/C19H21BrN4/c1-21-19(24-12-14-5-4-6-16(20)11-14)22-10-9-15-13-23-18-8-3-2-7-17(15)18/h2-8,11,13,23H,9-10,12H2,1H3,(H2,21,22,24). The number of hydrogen-bond donors (Lipinski definition) is 3. The van der Waals surface area contributed by atoms with Crippen molar-refractivity contribution in [2.75, 3.05) is 13.6 Å². The van der Waals surface area contributed by atoms with E-state index in [1.54, 1.807) is 7.05 Å². The van der Waals surface area contributed by atoms with E-state index in [-0.39, 0.29) is 0 Å². The molecule has 0 aliphatic carbocycles. The van der Waals surface area contributed by atoms with Crippen LogP contribution in [0.3, 0.4) is 0 Å². The predicted molar refractivity (Wildman–Crippen MR) is 104 cm³/mol. The Morgan fingerprint density at radius 2 is 2.00 bits per heavy atom. The fourth-order valence-electron chi connectivity index (χ4n) is 2.71. The highest BCUT2D eigenvalue weighted by Crippen LogP contribution is 2.17. The number of nitrogens with zero attached hydrogens (tertiary/aromatic N) is 1. The summed E-state index contributed by atoms with van der Waals surface area (Å²) in [4.78, 5) is 7.60. The molecule has 0 atom stereocenters. The van der Waals surface area contributed by atoms with Gasteiger partial charge in [-0.3, -0.25) is 4.99 Å². The van der Waals surface area contributed by atoms with Gasteiger partial charge in [-0.2, -0.15) is 0 Å². The molecule has 0 unspecified atom stereocenters. The van der Waals surface area contributed by atoms with Gasteiger partial charge in [-0.25, -0.2) is 0 Å². The summed E-state index contributed by atoms with van der Waals surface area (Å²) >= 11 is 3.49. The maximum absolute atomic E-state index is 4.28. The van der Waals surface area contributed by atoms with Gasteiger partial charge in [-0.1, -0.05) is 46.3 Å². The molecule has 4 nitrogen and oxygen atoms in total. The summed E-state index contributed by atoms with van der Waals surface area (Å²) in [5, 5.41) is 8.00. The van der Waals surface area contributed by atoms with E-state index in [1.807, 2.05) is 12.1 Å². The van der Waals surface area contributed by atoms with E-state index in [2.05, 4.69) is 79.1 Å². The molecular weight excluding hydrogens is 364 g/mol. The first kappa shape index (κ1) is 16.6. The Bertz CT molecular complexity index is 838. The zero-order valence-electron chi connectivity index (χ0n) is 13.6. The van der Waals surface area contributed by atoms with E-state index < -0.39 is 0 Å². The molecule has 0 fully saturated rings. The fourth-order valence-corrected chi connectivity index (χ4v) is 3.15. The van der Waals surface area contributed by atoms with Gasteiger partial charge in [0.15, 0.2) is 5.96 Å². The monoisotopic (exact) mass is 384 g/mol. The quantitative estimate of drug-likeness (QED) is 0.462. The van der Waals surface area contributed by atoms with Gasteiger partial charge in [0.2, 0.25) is 0 Å². The lowest BCUT2D eigenvalue weighted by atomic mass is 10.1. The van der Waals surface area contributed by atoms with Gasteiger partial charge in [0.05, 0.1) is 0 Å². The Labute approximate surface area is 150 Å². The maximum Gasteiger partial charge on any atom is 0.191 e. The molecule has 0 saturated heterocycles. The van der Waals surface area contributed by atoms with Crippen molar-refractivity contribution >= 4 is 32.8 Å². The van der Waals surface area contributed by atoms with Crippen molar-refractivity contribution in [1.29, 1.82) is 0 Å². The van der Waals surface area contributed by atoms with Crippen LogP contribution in [0, 0.1) is 0 Å². The lowest BCUT2D eigenvalue weighted by molar-refractivity contribution is 0.796. The third kappa shape index (κ3) is 4.17. The molecule has 0 saturated carbocycles. The number of halogens is 1. The number of fused-ring (bicyclic) bond motifs is 1. The third-order valence-electron chi connectivity index (χ3n) is 3.93. The number of hydrogen-bond acceptors (Lipinski definition) is 1. The number of para-hydroxylation sites is 1. The molecule has 24 heavy (non-hydrogen) atoms. The van der Waals surface area contributed by atoms with E-state index >= 15 is 0 Å². The van der Waals surface area contributed by atoms with Gasteiger partial charge >= 0.3 is 0 Å². The Morgan fingerprint density at radius 3 is 2.83 bits per heavy atom. The van der Waals surface area contributed by atoms with Crippen LogP contribution in [-0.4, -0.2) is 24.5 Å². The number of aromatic nitrogens is 1. The van der Waals surface area contributed by atoms with Gasteiger partial charge in [0.1, 0.15) is 0 Å². The Kier molecular flexibility index (Phi) is 5.54. The van der Waals surface area contributed by atoms with Crippen molar-refractivity contribution in [2.45, 2.75) is 13.0 Å². The molecule has 0 aliphatic heterocycles. The van der Waals surface area contributed by atoms with Crippen molar-refractivity contribution in [2.24, 2.45) is 4.99 Å². The number of guanidine groups is 1. The lowest BCUT2D eigenvalue weighted by Gasteiger charge is -2.12. The summed E-state index contributed by atoms with van der Waals surface area (Å²) in [5.74, 6) is 0.815. The van der Waals surface area contributed by atoms with Gasteiger partial charge in [0, 0.05) is 41.7 Å². The van der Waals surface area contributed by atoms with Gasteiger partial charge in [0.25, 0.3) is 0 Å². The highest BCUT2D eigenvalue weighted by Gasteiger charge is 2.03. The predicted octanol–water partition coefficient (Wildman–Crippen LogP) is 3.84. The van der Waals surface area contributed by atoms with E-state index in [1.165, 1.54) is 22.0 Å². The molecular formula is C19H21BrN4. The minimum Gasteiger partial charge on any atom is -0.361 e. The Balaban J connectivity index is 1.51. The summed E-state index contributed by atoms with van der Waals surface area (Å²) in [7, 11) is 1.79. The Hall–Kier alpha value is -2.27. The van der Waals surface area contributed by atoms with Crippen LogP contribution >= 0.6 is 15.9 Å². The zero-order chi connectivity index (χ0) is 16.8. The molecule has 1 aromatic heterocycles. The first-order chi connectivity index (χ1) is 11.8. The van der Waals surface area contributed by atoms with E-state index in [4.69, 9.17) is 0 Å². The Morgan fingerprint density at radius 1 is 1.12 bits per heavy atom. The first-order valence-corrected chi connectivity index (χ1v) is 8.79. The lowest BCUT2D eigenvalue weighted by Crippen LogP contribution is -2.37. The average Bonchev–Trinajstić information content (AvgIpc) is 3.01. The number of H-pyrrole nitrogens is 1. The van der Waals surface area contributed by atoms with E-state index in [9.17, 15) is 0 Å². The van der Waals surface area contributed by atoms with Crippen LogP contribution in [0.25, 0.3) is 10.9 Å². The number of aromatic amines is 1. The second-order valence-electron chi connectivity index (χ2n) is 5.59. The molecule has 2 aromatic carbocycles. The van der Waals surface area contributed by atoms with Crippen LogP contribution in [-0.2, 0) is 13.0 Å². The topological polar surface area (TPSA) is 52.2 Å². The van der Waals surface area contributed by atoms with E-state index in [0.29, 0.717) is 0 Å². The van der Waals surface area contributed by atoms with Crippen molar-refractivity contribution in [3.8, 4) is 0 Å². The molecule has 5 heteroatoms. The molecule has 3 aromatic rings. The van der Waals surface area contributed by atoms with Crippen molar-refractivity contribution in [1.82, 2.24) is 15.6 Å². The van der Waals surface area contributed by atoms with Crippen LogP contribution < -0.4 is 10.6 Å². The first-order valence-electron chi connectivity index (χ1n) is 8.00. The van der Waals surface area contributed by atoms with Crippen LogP contribution in [0.1, 0.15) is 11.1 Å². The molecule has 0 spiro atoms. The number of nitrogens with one attached hydrogen (secondary N) is 3. The largest absolute Gasteiger partial charge is 0.361 e. The summed E-state index contributed by atoms with van der Waals surface area (Å²) in [6, 6.07) is 16.6. The smallest absolute Gasteiger partial charge is 0.191 e. The van der Waals surface area contributed by atoms with Crippen LogP contribution in [0.15, 0.2) is 64.2 Å². The van der Waals surface area contributed by atoms with Crippen LogP contribution in [0.2, 0.25) is 0 Å². The second kappa shape index (κ2) is 8.02. The maximum atomic E-state index is 4.28. The number of rotatable bonds is 5.